The fraction of sp³-hybridized carbons (Fsp3) is 0.909. The second-order valence-electron chi connectivity index (χ2n) is 13.9. The molecule has 0 N–H and O–H groups in total. The molecule has 0 rings (SSSR count). The van der Waals surface area contributed by atoms with Crippen LogP contribution in [0, 0.1) is 0 Å². The van der Waals surface area contributed by atoms with E-state index in [1.165, 1.54) is 51.4 Å². The zero-order valence-electron chi connectivity index (χ0n) is 34.7. The van der Waals surface area contributed by atoms with Gasteiger partial charge in [0.15, 0.2) is 25.2 Å². The van der Waals surface area contributed by atoms with E-state index in [9.17, 15) is 0 Å². The number of allylic oxidation sites excluding steroid dienone is 2. The van der Waals surface area contributed by atoms with E-state index in [2.05, 4.69) is 65.8 Å². The van der Waals surface area contributed by atoms with Crippen molar-refractivity contribution in [2.24, 2.45) is 0 Å². The summed E-state index contributed by atoms with van der Waals surface area (Å²) in [6.07, 6.45) is 33.9. The van der Waals surface area contributed by atoms with Crippen molar-refractivity contribution in [3.63, 3.8) is 0 Å². The van der Waals surface area contributed by atoms with E-state index in [0.29, 0.717) is 13.2 Å². The number of unbranched alkanes of at least 4 members (excludes halogenated alkanes) is 14. The van der Waals surface area contributed by atoms with Crippen LogP contribution in [0.15, 0.2) is 24.3 Å². The van der Waals surface area contributed by atoms with Crippen molar-refractivity contribution in [1.29, 1.82) is 0 Å². The third-order valence-corrected chi connectivity index (χ3v) is 8.74. The molecule has 0 spiro atoms. The highest BCUT2D eigenvalue weighted by atomic mass is 16.8. The molecule has 304 valence electrons. The minimum absolute atomic E-state index is 0.0850. The number of ether oxygens (including phenoxy) is 7. The number of hydrogen-bond donors (Lipinski definition) is 0. The second-order valence-corrected chi connectivity index (χ2v) is 13.9. The topological polar surface area (TPSA) is 64.6 Å². The first-order chi connectivity index (χ1) is 25.1. The van der Waals surface area contributed by atoms with Crippen LogP contribution < -0.4 is 0 Å². The number of hydrogen-bond acceptors (Lipinski definition) is 7. The molecule has 0 aliphatic heterocycles. The van der Waals surface area contributed by atoms with Crippen molar-refractivity contribution in [2.75, 3.05) is 39.6 Å². The Hall–Kier alpha value is -0.800. The molecular formula is C44H86O7. The van der Waals surface area contributed by atoms with Crippen molar-refractivity contribution in [1.82, 2.24) is 0 Å². The van der Waals surface area contributed by atoms with Gasteiger partial charge in [-0.3, -0.25) is 0 Å². The molecule has 0 aromatic carbocycles. The van der Waals surface area contributed by atoms with Gasteiger partial charge in [-0.2, -0.15) is 0 Å². The Morgan fingerprint density at radius 2 is 0.647 bits per heavy atom. The smallest absolute Gasteiger partial charge is 0.180 e. The molecule has 0 saturated carbocycles. The summed E-state index contributed by atoms with van der Waals surface area (Å²) in [5.41, 5.74) is 0. The van der Waals surface area contributed by atoms with Crippen LogP contribution in [0.5, 0.6) is 0 Å². The number of rotatable bonds is 42. The fourth-order valence-electron chi connectivity index (χ4n) is 5.36. The summed E-state index contributed by atoms with van der Waals surface area (Å²) in [5, 5.41) is 0. The SMILES string of the molecule is CCCCCOC(CCCCC=CC(OCCCC)OC(C=CCCCCC(OCCCCC)OCCCCC)OCCCC)OCCCCC. The summed E-state index contributed by atoms with van der Waals surface area (Å²) in [6.45, 7) is 17.8. The Morgan fingerprint density at radius 3 is 0.961 bits per heavy atom. The summed E-state index contributed by atoms with van der Waals surface area (Å²) in [4.78, 5) is 0. The summed E-state index contributed by atoms with van der Waals surface area (Å²) >= 11 is 0. The fourth-order valence-corrected chi connectivity index (χ4v) is 5.36. The summed E-state index contributed by atoms with van der Waals surface area (Å²) in [6, 6.07) is 0. The molecule has 0 fully saturated rings. The highest BCUT2D eigenvalue weighted by molar-refractivity contribution is 4.90. The molecule has 0 amide bonds. The lowest BCUT2D eigenvalue weighted by Gasteiger charge is -2.21. The van der Waals surface area contributed by atoms with E-state index in [-0.39, 0.29) is 12.6 Å². The maximum absolute atomic E-state index is 6.39. The van der Waals surface area contributed by atoms with Gasteiger partial charge in [-0.05, 0) is 102 Å². The molecular weight excluding hydrogens is 640 g/mol. The van der Waals surface area contributed by atoms with Crippen LogP contribution in [0.1, 0.15) is 196 Å². The maximum Gasteiger partial charge on any atom is 0.180 e. The second kappa shape index (κ2) is 41.9. The first-order valence-corrected chi connectivity index (χ1v) is 21.8. The minimum Gasteiger partial charge on any atom is -0.353 e. The molecule has 0 aromatic rings. The van der Waals surface area contributed by atoms with Crippen molar-refractivity contribution in [3.8, 4) is 0 Å². The average molecular weight is 727 g/mol. The lowest BCUT2D eigenvalue weighted by atomic mass is 10.1. The van der Waals surface area contributed by atoms with E-state index in [4.69, 9.17) is 33.2 Å². The lowest BCUT2D eigenvalue weighted by Crippen LogP contribution is -2.25. The van der Waals surface area contributed by atoms with Crippen molar-refractivity contribution < 1.29 is 33.2 Å². The molecule has 7 nitrogen and oxygen atoms in total. The average Bonchev–Trinajstić information content (AvgIpc) is 3.13. The largest absolute Gasteiger partial charge is 0.353 e. The Kier molecular flexibility index (Phi) is 41.3. The van der Waals surface area contributed by atoms with Gasteiger partial charge in [0.1, 0.15) is 0 Å². The first-order valence-electron chi connectivity index (χ1n) is 21.8. The van der Waals surface area contributed by atoms with Gasteiger partial charge in [0, 0.05) is 26.4 Å². The van der Waals surface area contributed by atoms with E-state index >= 15 is 0 Å². The van der Waals surface area contributed by atoms with Crippen molar-refractivity contribution in [2.45, 2.75) is 221 Å². The molecule has 2 unspecified atom stereocenters. The highest BCUT2D eigenvalue weighted by Crippen LogP contribution is 2.15. The van der Waals surface area contributed by atoms with E-state index in [1.54, 1.807) is 0 Å². The molecule has 0 aromatic heterocycles. The van der Waals surface area contributed by atoms with Crippen LogP contribution >= 0.6 is 0 Å². The zero-order valence-corrected chi connectivity index (χ0v) is 34.7. The lowest BCUT2D eigenvalue weighted by molar-refractivity contribution is -0.208. The Bertz CT molecular complexity index is 634. The monoisotopic (exact) mass is 727 g/mol. The van der Waals surface area contributed by atoms with Gasteiger partial charge in [-0.1, -0.05) is 118 Å². The minimum atomic E-state index is -0.431. The summed E-state index contributed by atoms with van der Waals surface area (Å²) in [5.74, 6) is 0. The van der Waals surface area contributed by atoms with Crippen LogP contribution in [0.4, 0.5) is 0 Å². The normalized spacial score (nSPS) is 13.5. The molecule has 0 heterocycles. The van der Waals surface area contributed by atoms with Gasteiger partial charge in [-0.25, -0.2) is 0 Å². The van der Waals surface area contributed by atoms with Gasteiger partial charge in [-0.15, -0.1) is 0 Å². The molecule has 0 radical (unpaired) electrons. The van der Waals surface area contributed by atoms with E-state index in [1.807, 2.05) is 0 Å². The quantitative estimate of drug-likeness (QED) is 0.0352. The van der Waals surface area contributed by atoms with Gasteiger partial charge in [0.25, 0.3) is 0 Å². The molecule has 0 aliphatic carbocycles. The summed E-state index contributed by atoms with van der Waals surface area (Å²) < 4.78 is 43.1. The highest BCUT2D eigenvalue weighted by Gasteiger charge is 2.14. The molecule has 0 bridgehead atoms. The third kappa shape index (κ3) is 36.0. The van der Waals surface area contributed by atoms with Gasteiger partial charge in [0.05, 0.1) is 13.2 Å². The van der Waals surface area contributed by atoms with E-state index < -0.39 is 12.6 Å². The van der Waals surface area contributed by atoms with Crippen LogP contribution in [-0.4, -0.2) is 64.8 Å². The Labute approximate surface area is 317 Å². The van der Waals surface area contributed by atoms with Gasteiger partial charge in [0.2, 0.25) is 0 Å². The summed E-state index contributed by atoms with van der Waals surface area (Å²) in [7, 11) is 0. The zero-order chi connectivity index (χ0) is 37.3. The van der Waals surface area contributed by atoms with Gasteiger partial charge < -0.3 is 33.2 Å². The Morgan fingerprint density at radius 1 is 0.333 bits per heavy atom. The van der Waals surface area contributed by atoms with Crippen molar-refractivity contribution >= 4 is 0 Å². The third-order valence-electron chi connectivity index (χ3n) is 8.74. The molecule has 0 aliphatic rings. The van der Waals surface area contributed by atoms with Gasteiger partial charge >= 0.3 is 0 Å². The molecule has 51 heavy (non-hydrogen) atoms. The predicted octanol–water partition coefficient (Wildman–Crippen LogP) is 13.0. The predicted molar refractivity (Wildman–Crippen MR) is 215 cm³/mol. The van der Waals surface area contributed by atoms with Crippen molar-refractivity contribution in [3.05, 3.63) is 24.3 Å². The molecule has 2 atom stereocenters. The standard InChI is InChI=1S/C44H86O7/c1-7-13-27-37-45-41(46-38-28-14-8-2)31-23-19-21-25-33-43(49-35-17-11-5)51-44(50-36-18-12-6)34-26-22-20-24-32-42(47-39-29-15-9-3)48-40-30-16-10-4/h25-26,33-34,41-44H,7-24,27-32,35-40H2,1-6H3. The van der Waals surface area contributed by atoms with Crippen LogP contribution in [0.2, 0.25) is 0 Å². The Balaban J connectivity index is 4.95. The maximum atomic E-state index is 6.39. The van der Waals surface area contributed by atoms with Crippen LogP contribution in [0.25, 0.3) is 0 Å². The van der Waals surface area contributed by atoms with Crippen LogP contribution in [-0.2, 0) is 33.2 Å². The molecule has 0 saturated heterocycles. The van der Waals surface area contributed by atoms with E-state index in [0.717, 1.165) is 129 Å². The van der Waals surface area contributed by atoms with Crippen LogP contribution in [0.3, 0.4) is 0 Å². The molecule has 7 heteroatoms. The first kappa shape index (κ1) is 50.2.